The maximum absolute atomic E-state index is 11.2. The number of aryl methyl sites for hydroxylation is 2. The van der Waals surface area contributed by atoms with E-state index in [1.54, 1.807) is 11.7 Å². The Morgan fingerprint density at radius 1 is 1.47 bits per heavy atom. The zero-order chi connectivity index (χ0) is 12.4. The third kappa shape index (κ3) is 2.10. The Bertz CT molecular complexity index is 423. The minimum absolute atomic E-state index is 0.136. The molecule has 0 N–H and O–H groups in total. The van der Waals surface area contributed by atoms with Crippen molar-refractivity contribution in [2.24, 2.45) is 7.05 Å². The number of nitro groups is 1. The molecule has 17 heavy (non-hydrogen) atoms. The molecular weight excluding hydrogens is 224 g/mol. The number of aromatic nitrogens is 2. The zero-order valence-corrected chi connectivity index (χ0v) is 10.0. The Hall–Kier alpha value is -1.63. The van der Waals surface area contributed by atoms with Gasteiger partial charge in [0.05, 0.1) is 18.1 Å². The molecule has 0 spiro atoms. The smallest absolute Gasteiger partial charge is 0.334 e. The van der Waals surface area contributed by atoms with E-state index in [9.17, 15) is 10.1 Å². The predicted octanol–water partition coefficient (Wildman–Crippen LogP) is 0.727. The van der Waals surface area contributed by atoms with Crippen LogP contribution in [0.1, 0.15) is 12.6 Å². The first-order valence-corrected chi connectivity index (χ1v) is 5.68. The van der Waals surface area contributed by atoms with Crippen molar-refractivity contribution in [3.63, 3.8) is 0 Å². The lowest BCUT2D eigenvalue weighted by molar-refractivity contribution is -0.384. The molecule has 0 aliphatic carbocycles. The molecule has 1 fully saturated rings. The third-order valence-electron chi connectivity index (χ3n) is 2.89. The lowest BCUT2D eigenvalue weighted by Crippen LogP contribution is -2.37. The van der Waals surface area contributed by atoms with Crippen LogP contribution in [0.25, 0.3) is 0 Å². The summed E-state index contributed by atoms with van der Waals surface area (Å²) in [7, 11) is 1.75. The summed E-state index contributed by atoms with van der Waals surface area (Å²) >= 11 is 0. The van der Waals surface area contributed by atoms with E-state index in [0.717, 1.165) is 0 Å². The molecule has 7 heteroatoms. The van der Waals surface area contributed by atoms with Crippen LogP contribution in [0.3, 0.4) is 0 Å². The van der Waals surface area contributed by atoms with E-state index >= 15 is 0 Å². The van der Waals surface area contributed by atoms with Crippen molar-refractivity contribution in [2.45, 2.75) is 13.3 Å². The van der Waals surface area contributed by atoms with Crippen molar-refractivity contribution in [1.29, 1.82) is 0 Å². The standard InChI is InChI=1S/C10H16N4O3/c1-3-8-9(14(15)16)10(12(2)11-8)13-4-6-17-7-5-13/h3-7H2,1-2H3. The Kier molecular flexibility index (Phi) is 3.28. The first-order valence-electron chi connectivity index (χ1n) is 5.68. The summed E-state index contributed by atoms with van der Waals surface area (Å²) in [6.45, 7) is 4.42. The largest absolute Gasteiger partial charge is 0.378 e. The summed E-state index contributed by atoms with van der Waals surface area (Å²) in [5.41, 5.74) is 0.677. The molecule has 0 saturated carbocycles. The number of morpholine rings is 1. The van der Waals surface area contributed by atoms with Crippen molar-refractivity contribution in [2.75, 3.05) is 31.2 Å². The van der Waals surface area contributed by atoms with Crippen molar-refractivity contribution < 1.29 is 9.66 Å². The normalized spacial score (nSPS) is 16.2. The lowest BCUT2D eigenvalue weighted by Gasteiger charge is -2.27. The quantitative estimate of drug-likeness (QED) is 0.575. The summed E-state index contributed by atoms with van der Waals surface area (Å²) < 4.78 is 6.85. The highest BCUT2D eigenvalue weighted by atomic mass is 16.6. The van der Waals surface area contributed by atoms with E-state index < -0.39 is 0 Å². The number of rotatable bonds is 3. The number of hydrogen-bond acceptors (Lipinski definition) is 5. The van der Waals surface area contributed by atoms with Gasteiger partial charge >= 0.3 is 5.69 Å². The van der Waals surface area contributed by atoms with Crippen molar-refractivity contribution in [1.82, 2.24) is 9.78 Å². The summed E-state index contributed by atoms with van der Waals surface area (Å²) in [5.74, 6) is 0.593. The molecule has 0 unspecified atom stereocenters. The molecule has 1 aromatic rings. The molecule has 0 amide bonds. The third-order valence-corrected chi connectivity index (χ3v) is 2.89. The molecule has 1 aliphatic heterocycles. The molecule has 2 heterocycles. The number of ether oxygens (including phenoxy) is 1. The van der Waals surface area contributed by atoms with Crippen LogP contribution in [-0.2, 0) is 18.2 Å². The molecule has 1 aromatic heterocycles. The van der Waals surface area contributed by atoms with Gasteiger partial charge in [-0.25, -0.2) is 4.68 Å². The summed E-state index contributed by atoms with van der Waals surface area (Å²) in [5, 5.41) is 15.4. The SMILES string of the molecule is CCc1nn(C)c(N2CCOCC2)c1[N+](=O)[O-]. The average molecular weight is 240 g/mol. The van der Waals surface area contributed by atoms with E-state index in [-0.39, 0.29) is 10.6 Å². The Morgan fingerprint density at radius 3 is 2.65 bits per heavy atom. The summed E-state index contributed by atoms with van der Waals surface area (Å²) in [6, 6.07) is 0. The zero-order valence-electron chi connectivity index (χ0n) is 10.0. The van der Waals surface area contributed by atoms with Gasteiger partial charge in [0, 0.05) is 20.1 Å². The van der Waals surface area contributed by atoms with Gasteiger partial charge in [-0.1, -0.05) is 6.92 Å². The van der Waals surface area contributed by atoms with E-state index in [2.05, 4.69) is 5.10 Å². The molecular formula is C10H16N4O3. The van der Waals surface area contributed by atoms with E-state index in [1.165, 1.54) is 0 Å². The van der Waals surface area contributed by atoms with Crippen LogP contribution in [0.2, 0.25) is 0 Å². The minimum atomic E-state index is -0.337. The summed E-state index contributed by atoms with van der Waals surface area (Å²) in [4.78, 5) is 12.8. The van der Waals surface area contributed by atoms with Gasteiger partial charge in [-0.05, 0) is 6.42 Å². The fourth-order valence-corrected chi connectivity index (χ4v) is 2.11. The van der Waals surface area contributed by atoms with Gasteiger partial charge in [-0.3, -0.25) is 10.1 Å². The van der Waals surface area contributed by atoms with Gasteiger partial charge in [-0.2, -0.15) is 5.10 Å². The van der Waals surface area contributed by atoms with E-state index in [4.69, 9.17) is 4.74 Å². The minimum Gasteiger partial charge on any atom is -0.378 e. The van der Waals surface area contributed by atoms with Crippen LogP contribution in [0.15, 0.2) is 0 Å². The highest BCUT2D eigenvalue weighted by Gasteiger charge is 2.30. The monoisotopic (exact) mass is 240 g/mol. The Balaban J connectivity index is 2.43. The van der Waals surface area contributed by atoms with E-state index in [0.29, 0.717) is 44.2 Å². The second kappa shape index (κ2) is 4.70. The van der Waals surface area contributed by atoms with Crippen LogP contribution in [0.4, 0.5) is 11.5 Å². The second-order valence-electron chi connectivity index (χ2n) is 3.95. The molecule has 0 bridgehead atoms. The highest BCUT2D eigenvalue weighted by Crippen LogP contribution is 2.31. The first-order chi connectivity index (χ1) is 8.15. The lowest BCUT2D eigenvalue weighted by atomic mass is 10.2. The Morgan fingerprint density at radius 2 is 2.12 bits per heavy atom. The van der Waals surface area contributed by atoms with Crippen molar-refractivity contribution in [3.8, 4) is 0 Å². The fourth-order valence-electron chi connectivity index (χ4n) is 2.11. The number of anilines is 1. The van der Waals surface area contributed by atoms with Gasteiger partial charge in [0.2, 0.25) is 5.82 Å². The van der Waals surface area contributed by atoms with Gasteiger partial charge in [0.15, 0.2) is 0 Å². The van der Waals surface area contributed by atoms with Crippen LogP contribution in [0, 0.1) is 10.1 Å². The molecule has 0 aromatic carbocycles. The highest BCUT2D eigenvalue weighted by molar-refractivity contribution is 5.61. The van der Waals surface area contributed by atoms with Crippen LogP contribution < -0.4 is 4.90 Å². The van der Waals surface area contributed by atoms with Crippen molar-refractivity contribution in [3.05, 3.63) is 15.8 Å². The predicted molar refractivity (Wildman–Crippen MR) is 62.3 cm³/mol. The van der Waals surface area contributed by atoms with Crippen molar-refractivity contribution >= 4 is 11.5 Å². The van der Waals surface area contributed by atoms with E-state index in [1.807, 2.05) is 11.8 Å². The molecule has 7 nitrogen and oxygen atoms in total. The first kappa shape index (κ1) is 11.8. The second-order valence-corrected chi connectivity index (χ2v) is 3.95. The van der Waals surface area contributed by atoms with Gasteiger partial charge in [0.25, 0.3) is 0 Å². The van der Waals surface area contributed by atoms with Crippen LogP contribution in [-0.4, -0.2) is 41.0 Å². The molecule has 1 aliphatic rings. The number of nitrogens with zero attached hydrogens (tertiary/aromatic N) is 4. The van der Waals surface area contributed by atoms with Crippen LogP contribution >= 0.6 is 0 Å². The maximum atomic E-state index is 11.2. The van der Waals surface area contributed by atoms with Gasteiger partial charge in [-0.15, -0.1) is 0 Å². The Labute approximate surface area is 99.1 Å². The maximum Gasteiger partial charge on any atom is 0.334 e. The summed E-state index contributed by atoms with van der Waals surface area (Å²) in [6.07, 6.45) is 0.564. The van der Waals surface area contributed by atoms with Gasteiger partial charge < -0.3 is 9.64 Å². The fraction of sp³-hybridized carbons (Fsp3) is 0.700. The van der Waals surface area contributed by atoms with Gasteiger partial charge in [0.1, 0.15) is 5.69 Å². The molecule has 94 valence electrons. The molecule has 0 radical (unpaired) electrons. The molecule has 0 atom stereocenters. The topological polar surface area (TPSA) is 73.4 Å². The molecule has 1 saturated heterocycles. The molecule has 2 rings (SSSR count). The average Bonchev–Trinajstić information content (AvgIpc) is 2.67. The van der Waals surface area contributed by atoms with Crippen LogP contribution in [0.5, 0.6) is 0 Å². The number of hydrogen-bond donors (Lipinski definition) is 0.